The van der Waals surface area contributed by atoms with E-state index in [2.05, 4.69) is 46.8 Å². The Hall–Kier alpha value is -1.66. The quantitative estimate of drug-likeness (QED) is 0.395. The predicted octanol–water partition coefficient (Wildman–Crippen LogP) is 5.05. The maximum Gasteiger partial charge on any atom is 0.312 e. The molecule has 0 spiro atoms. The van der Waals surface area contributed by atoms with E-state index < -0.39 is 40.4 Å². The van der Waals surface area contributed by atoms with Gasteiger partial charge in [0.25, 0.3) is 0 Å². The smallest absolute Gasteiger partial charge is 0.312 e. The fourth-order valence-corrected chi connectivity index (χ4v) is 10.5. The molecule has 5 rings (SSSR count). The lowest BCUT2D eigenvalue weighted by Gasteiger charge is -2.71. The van der Waals surface area contributed by atoms with E-state index in [4.69, 9.17) is 0 Å². The fraction of sp³-hybridized carbons (Fsp3) is 0.800. The molecule has 6 nitrogen and oxygen atoms in total. The third-order valence-electron chi connectivity index (χ3n) is 13.0. The lowest BCUT2D eigenvalue weighted by atomic mass is 9.33. The molecule has 0 aliphatic heterocycles. The van der Waals surface area contributed by atoms with Gasteiger partial charge in [0.15, 0.2) is 0 Å². The Morgan fingerprint density at radius 1 is 0.944 bits per heavy atom. The van der Waals surface area contributed by atoms with Crippen molar-refractivity contribution in [2.24, 2.45) is 50.7 Å². The number of allylic oxidation sites excluding steroid dienone is 4. The van der Waals surface area contributed by atoms with Crippen LogP contribution in [0.25, 0.3) is 0 Å². The number of carbonyl (C=O) groups is 2. The molecule has 3 saturated carbocycles. The molecule has 11 unspecified atom stereocenters. The number of fused-ring (bicyclic) bond motifs is 7. The Labute approximate surface area is 214 Å². The number of aliphatic carboxylic acids is 2. The van der Waals surface area contributed by atoms with Gasteiger partial charge < -0.3 is 20.4 Å². The second-order valence-electron chi connectivity index (χ2n) is 14.0. The van der Waals surface area contributed by atoms with E-state index in [9.17, 15) is 30.0 Å². The molecular formula is C30H44O6. The Balaban J connectivity index is 1.64. The van der Waals surface area contributed by atoms with Crippen molar-refractivity contribution in [3.05, 3.63) is 23.3 Å². The third-order valence-corrected chi connectivity index (χ3v) is 13.0. The highest BCUT2D eigenvalue weighted by Gasteiger charge is 2.71. The molecule has 200 valence electrons. The van der Waals surface area contributed by atoms with Crippen molar-refractivity contribution in [3.8, 4) is 0 Å². The largest absolute Gasteiger partial charge is 0.481 e. The van der Waals surface area contributed by atoms with Crippen LogP contribution in [0.3, 0.4) is 0 Å². The Morgan fingerprint density at radius 2 is 1.61 bits per heavy atom. The van der Waals surface area contributed by atoms with E-state index in [0.29, 0.717) is 25.7 Å². The summed E-state index contributed by atoms with van der Waals surface area (Å²) in [5.41, 5.74) is -0.381. The summed E-state index contributed by atoms with van der Waals surface area (Å²) in [6.07, 6.45) is 6.80. The standard InChI is InChI=1S/C30H44O6/c1-16-9-12-30(25(35)36)14-13-27(4)18(22(30)17(16)2)7-8-20-26(3)15-19(31)23(32)29(6,24(33)34)21(26)10-11-28(20,27)5/h7,9,17,19-23,31-32H,8,10-15H2,1-6H3,(H,33,34)(H,35,36). The number of carboxylic acid groups (broad SMARTS) is 2. The normalized spacial score (nSPS) is 54.1. The Bertz CT molecular complexity index is 1060. The average molecular weight is 501 g/mol. The van der Waals surface area contributed by atoms with Crippen LogP contribution in [0.15, 0.2) is 23.3 Å². The molecule has 0 aromatic carbocycles. The first-order chi connectivity index (χ1) is 16.6. The van der Waals surface area contributed by atoms with Crippen LogP contribution < -0.4 is 0 Å². The van der Waals surface area contributed by atoms with E-state index >= 15 is 0 Å². The molecule has 4 N–H and O–H groups in total. The molecule has 6 heteroatoms. The minimum Gasteiger partial charge on any atom is -0.481 e. The SMILES string of the molecule is CC1=CCC2(C(=O)O)CCC3(C)C(=CCC4C5(C)CC(O)C(O)C(C)(C(=O)O)C5CCC43C)C2C1C. The van der Waals surface area contributed by atoms with Crippen LogP contribution in [-0.4, -0.2) is 44.6 Å². The molecule has 36 heavy (non-hydrogen) atoms. The van der Waals surface area contributed by atoms with Crippen molar-refractivity contribution in [1.29, 1.82) is 0 Å². The van der Waals surface area contributed by atoms with E-state index in [1.54, 1.807) is 6.92 Å². The summed E-state index contributed by atoms with van der Waals surface area (Å²) in [6.45, 7) is 12.8. The second kappa shape index (κ2) is 7.69. The highest BCUT2D eigenvalue weighted by atomic mass is 16.4. The maximum atomic E-state index is 12.8. The average Bonchev–Trinajstić information content (AvgIpc) is 2.80. The molecule has 5 aliphatic rings. The highest BCUT2D eigenvalue weighted by Crippen LogP contribution is 2.75. The van der Waals surface area contributed by atoms with Gasteiger partial charge in [-0.1, -0.05) is 51.0 Å². The number of carboxylic acids is 2. The molecule has 0 amide bonds. The van der Waals surface area contributed by atoms with Crippen LogP contribution in [0.2, 0.25) is 0 Å². The first kappa shape index (κ1) is 26.0. The zero-order chi connectivity index (χ0) is 26.6. The van der Waals surface area contributed by atoms with Crippen molar-refractivity contribution in [2.75, 3.05) is 0 Å². The summed E-state index contributed by atoms with van der Waals surface area (Å²) in [7, 11) is 0. The highest BCUT2D eigenvalue weighted by molar-refractivity contribution is 5.77. The van der Waals surface area contributed by atoms with Crippen LogP contribution in [0.1, 0.15) is 86.5 Å². The molecule has 0 aromatic heterocycles. The molecular weight excluding hydrogens is 456 g/mol. The van der Waals surface area contributed by atoms with E-state index in [1.807, 2.05) is 0 Å². The van der Waals surface area contributed by atoms with Gasteiger partial charge in [-0.15, -0.1) is 0 Å². The molecule has 11 atom stereocenters. The van der Waals surface area contributed by atoms with Crippen LogP contribution in [0, 0.1) is 50.7 Å². The second-order valence-corrected chi connectivity index (χ2v) is 14.0. The lowest BCUT2D eigenvalue weighted by molar-refractivity contribution is -0.239. The summed E-state index contributed by atoms with van der Waals surface area (Å²) in [6, 6.07) is 0. The van der Waals surface area contributed by atoms with Crippen LogP contribution in [-0.2, 0) is 9.59 Å². The van der Waals surface area contributed by atoms with Crippen molar-refractivity contribution in [3.63, 3.8) is 0 Å². The minimum absolute atomic E-state index is 0.0369. The first-order valence-electron chi connectivity index (χ1n) is 13.8. The van der Waals surface area contributed by atoms with E-state index in [0.717, 1.165) is 19.3 Å². The van der Waals surface area contributed by atoms with Gasteiger partial charge in [-0.25, -0.2) is 0 Å². The topological polar surface area (TPSA) is 115 Å². The van der Waals surface area contributed by atoms with Gasteiger partial charge in [-0.2, -0.15) is 0 Å². The van der Waals surface area contributed by atoms with Crippen molar-refractivity contribution >= 4 is 11.9 Å². The van der Waals surface area contributed by atoms with E-state index in [1.165, 1.54) is 11.1 Å². The fourth-order valence-electron chi connectivity index (χ4n) is 10.5. The van der Waals surface area contributed by atoms with E-state index in [-0.39, 0.29) is 34.5 Å². The predicted molar refractivity (Wildman–Crippen MR) is 136 cm³/mol. The summed E-state index contributed by atoms with van der Waals surface area (Å²) < 4.78 is 0. The Kier molecular flexibility index (Phi) is 5.55. The first-order valence-corrected chi connectivity index (χ1v) is 13.8. The van der Waals surface area contributed by atoms with Crippen LogP contribution >= 0.6 is 0 Å². The van der Waals surface area contributed by atoms with Crippen molar-refractivity contribution in [2.45, 2.75) is 98.7 Å². The molecule has 5 aliphatic carbocycles. The summed E-state index contributed by atoms with van der Waals surface area (Å²) >= 11 is 0. The minimum atomic E-state index is -1.40. The number of rotatable bonds is 2. The van der Waals surface area contributed by atoms with Crippen LogP contribution in [0.5, 0.6) is 0 Å². The van der Waals surface area contributed by atoms with Gasteiger partial charge in [-0.3, -0.25) is 9.59 Å². The van der Waals surface area contributed by atoms with Crippen molar-refractivity contribution in [1.82, 2.24) is 0 Å². The van der Waals surface area contributed by atoms with Gasteiger partial charge in [-0.05, 0) is 92.8 Å². The summed E-state index contributed by atoms with van der Waals surface area (Å²) in [5.74, 6) is -1.69. The molecule has 0 bridgehead atoms. The maximum absolute atomic E-state index is 12.8. The van der Waals surface area contributed by atoms with Crippen molar-refractivity contribution < 1.29 is 30.0 Å². The molecule has 0 radical (unpaired) electrons. The van der Waals surface area contributed by atoms with Crippen LogP contribution in [0.4, 0.5) is 0 Å². The van der Waals surface area contributed by atoms with Gasteiger partial charge in [0.2, 0.25) is 0 Å². The molecule has 0 heterocycles. The molecule has 0 aromatic rings. The van der Waals surface area contributed by atoms with Gasteiger partial charge in [0.05, 0.1) is 23.0 Å². The number of hydrogen-bond acceptors (Lipinski definition) is 4. The molecule has 0 saturated heterocycles. The number of hydrogen-bond donors (Lipinski definition) is 4. The monoisotopic (exact) mass is 500 g/mol. The number of aliphatic hydroxyl groups is 2. The van der Waals surface area contributed by atoms with Gasteiger partial charge in [0.1, 0.15) is 0 Å². The summed E-state index contributed by atoms with van der Waals surface area (Å²) in [5, 5.41) is 42.6. The zero-order valence-electron chi connectivity index (χ0n) is 22.7. The van der Waals surface area contributed by atoms with Gasteiger partial charge in [0, 0.05) is 5.92 Å². The number of aliphatic hydroxyl groups excluding tert-OH is 2. The summed E-state index contributed by atoms with van der Waals surface area (Å²) in [4.78, 5) is 25.3. The van der Waals surface area contributed by atoms with Gasteiger partial charge >= 0.3 is 11.9 Å². The third kappa shape index (κ3) is 2.81. The lowest BCUT2D eigenvalue weighted by Crippen LogP contribution is -2.69. The molecule has 3 fully saturated rings. The Morgan fingerprint density at radius 3 is 2.22 bits per heavy atom. The zero-order valence-corrected chi connectivity index (χ0v) is 22.7.